The van der Waals surface area contributed by atoms with E-state index in [1.165, 1.54) is 4.90 Å². The van der Waals surface area contributed by atoms with Crippen molar-refractivity contribution in [2.24, 2.45) is 5.92 Å². The highest BCUT2D eigenvalue weighted by Gasteiger charge is 2.24. The molecule has 5 heteroatoms. The zero-order chi connectivity index (χ0) is 12.0. The maximum Gasteiger partial charge on any atom is 0.326 e. The van der Waals surface area contributed by atoms with Gasteiger partial charge < -0.3 is 15.3 Å². The molecule has 15 heavy (non-hydrogen) atoms. The molecule has 0 aromatic rings. The van der Waals surface area contributed by atoms with E-state index in [0.29, 0.717) is 6.54 Å². The number of nitrogens with zero attached hydrogens (tertiary/aromatic N) is 1. The monoisotopic (exact) mass is 214 g/mol. The molecular weight excluding hydrogens is 196 g/mol. The lowest BCUT2D eigenvalue weighted by Crippen LogP contribution is -2.49. The lowest BCUT2D eigenvalue weighted by Gasteiger charge is -2.22. The fourth-order valence-electron chi connectivity index (χ4n) is 1.03. The maximum atomic E-state index is 11.5. The molecule has 86 valence electrons. The molecule has 0 aliphatic rings. The Hall–Kier alpha value is -1.52. The van der Waals surface area contributed by atoms with Crippen LogP contribution in [0.1, 0.15) is 13.8 Å². The van der Waals surface area contributed by atoms with Crippen LogP contribution in [0.5, 0.6) is 0 Å². The first kappa shape index (κ1) is 13.5. The van der Waals surface area contributed by atoms with Gasteiger partial charge in [0, 0.05) is 13.6 Å². The molecule has 0 fully saturated rings. The number of nitrogens with one attached hydrogen (secondary N) is 1. The molecule has 0 unspecified atom stereocenters. The number of hydrogen-bond acceptors (Lipinski definition) is 2. The van der Waals surface area contributed by atoms with Gasteiger partial charge in [0.1, 0.15) is 6.04 Å². The molecule has 0 aliphatic carbocycles. The highest BCUT2D eigenvalue weighted by molar-refractivity contribution is 5.82. The molecule has 0 aliphatic heterocycles. The van der Waals surface area contributed by atoms with Gasteiger partial charge >= 0.3 is 12.0 Å². The molecule has 0 rings (SSSR count). The Morgan fingerprint density at radius 1 is 1.53 bits per heavy atom. The van der Waals surface area contributed by atoms with E-state index in [4.69, 9.17) is 5.11 Å². The predicted octanol–water partition coefficient (Wildman–Crippen LogP) is 0.923. The number of amides is 2. The summed E-state index contributed by atoms with van der Waals surface area (Å²) in [4.78, 5) is 23.6. The first-order chi connectivity index (χ1) is 6.90. The van der Waals surface area contributed by atoms with E-state index in [-0.39, 0.29) is 5.92 Å². The van der Waals surface area contributed by atoms with Crippen molar-refractivity contribution in [2.75, 3.05) is 13.6 Å². The Bertz CT molecular complexity index is 251. The summed E-state index contributed by atoms with van der Waals surface area (Å²) >= 11 is 0. The SMILES string of the molecule is C=CCN(C)C(=O)N[C@H](C(=O)O)C(C)C. The third-order valence-corrected chi connectivity index (χ3v) is 1.96. The van der Waals surface area contributed by atoms with Crippen LogP contribution in [0.2, 0.25) is 0 Å². The van der Waals surface area contributed by atoms with Gasteiger partial charge in [0.15, 0.2) is 0 Å². The smallest absolute Gasteiger partial charge is 0.326 e. The minimum absolute atomic E-state index is 0.149. The first-order valence-corrected chi connectivity index (χ1v) is 4.75. The number of hydrogen-bond donors (Lipinski definition) is 2. The Kier molecular flexibility index (Phi) is 5.44. The van der Waals surface area contributed by atoms with Gasteiger partial charge in [-0.2, -0.15) is 0 Å². The summed E-state index contributed by atoms with van der Waals surface area (Å²) in [6.07, 6.45) is 1.57. The topological polar surface area (TPSA) is 69.6 Å². The number of likely N-dealkylation sites (N-methyl/N-ethyl adjacent to an activating group) is 1. The van der Waals surface area contributed by atoms with Gasteiger partial charge in [0.05, 0.1) is 0 Å². The van der Waals surface area contributed by atoms with E-state index in [1.807, 2.05) is 0 Å². The second-order valence-corrected chi connectivity index (χ2v) is 3.68. The molecule has 0 saturated carbocycles. The van der Waals surface area contributed by atoms with Crippen molar-refractivity contribution in [1.82, 2.24) is 10.2 Å². The Morgan fingerprint density at radius 2 is 2.07 bits per heavy atom. The molecule has 5 nitrogen and oxygen atoms in total. The largest absolute Gasteiger partial charge is 0.480 e. The number of carboxylic acids is 1. The van der Waals surface area contributed by atoms with Crippen LogP contribution in [0.15, 0.2) is 12.7 Å². The van der Waals surface area contributed by atoms with Crippen LogP contribution in [-0.2, 0) is 4.79 Å². The minimum atomic E-state index is -1.02. The van der Waals surface area contributed by atoms with Crippen molar-refractivity contribution in [1.29, 1.82) is 0 Å². The van der Waals surface area contributed by atoms with Gasteiger partial charge in [-0.25, -0.2) is 9.59 Å². The summed E-state index contributed by atoms with van der Waals surface area (Å²) in [6, 6.07) is -1.26. The van der Waals surface area contributed by atoms with Crippen LogP contribution in [-0.4, -0.2) is 41.6 Å². The normalized spacial score (nSPS) is 12.0. The first-order valence-electron chi connectivity index (χ1n) is 4.75. The molecule has 0 bridgehead atoms. The number of carboxylic acid groups (broad SMARTS) is 1. The molecule has 0 radical (unpaired) electrons. The lowest BCUT2D eigenvalue weighted by molar-refractivity contribution is -0.140. The van der Waals surface area contributed by atoms with Gasteiger partial charge in [-0.3, -0.25) is 0 Å². The second kappa shape index (κ2) is 6.06. The van der Waals surface area contributed by atoms with Crippen molar-refractivity contribution in [2.45, 2.75) is 19.9 Å². The minimum Gasteiger partial charge on any atom is -0.480 e. The van der Waals surface area contributed by atoms with E-state index in [0.717, 1.165) is 0 Å². The summed E-state index contributed by atoms with van der Waals surface area (Å²) < 4.78 is 0. The summed E-state index contributed by atoms with van der Waals surface area (Å²) in [7, 11) is 1.58. The Morgan fingerprint density at radius 3 is 2.40 bits per heavy atom. The second-order valence-electron chi connectivity index (χ2n) is 3.68. The maximum absolute atomic E-state index is 11.5. The highest BCUT2D eigenvalue weighted by Crippen LogP contribution is 2.02. The average Bonchev–Trinajstić information content (AvgIpc) is 2.12. The molecule has 1 atom stereocenters. The number of urea groups is 1. The number of aliphatic carboxylic acids is 1. The third-order valence-electron chi connectivity index (χ3n) is 1.96. The van der Waals surface area contributed by atoms with Crippen molar-refractivity contribution in [3.8, 4) is 0 Å². The van der Waals surface area contributed by atoms with Gasteiger partial charge in [0.25, 0.3) is 0 Å². The number of rotatable bonds is 5. The van der Waals surface area contributed by atoms with Crippen LogP contribution >= 0.6 is 0 Å². The summed E-state index contributed by atoms with van der Waals surface area (Å²) in [5.74, 6) is -1.17. The fourth-order valence-corrected chi connectivity index (χ4v) is 1.03. The Balaban J connectivity index is 4.35. The molecule has 0 aromatic heterocycles. The van der Waals surface area contributed by atoms with E-state index < -0.39 is 18.0 Å². The van der Waals surface area contributed by atoms with Gasteiger partial charge in [-0.05, 0) is 5.92 Å². The highest BCUT2D eigenvalue weighted by atomic mass is 16.4. The van der Waals surface area contributed by atoms with Gasteiger partial charge in [-0.1, -0.05) is 19.9 Å². The van der Waals surface area contributed by atoms with E-state index in [2.05, 4.69) is 11.9 Å². The van der Waals surface area contributed by atoms with Gasteiger partial charge in [0.2, 0.25) is 0 Å². The van der Waals surface area contributed by atoms with Crippen molar-refractivity contribution < 1.29 is 14.7 Å². The van der Waals surface area contributed by atoms with E-state index in [1.54, 1.807) is 27.0 Å². The Labute approximate surface area is 89.8 Å². The molecule has 0 spiro atoms. The van der Waals surface area contributed by atoms with Gasteiger partial charge in [-0.15, -0.1) is 6.58 Å². The molecule has 0 saturated heterocycles. The predicted molar refractivity (Wildman–Crippen MR) is 57.6 cm³/mol. The van der Waals surface area contributed by atoms with Crippen LogP contribution in [0, 0.1) is 5.92 Å². The number of carbonyl (C=O) groups excluding carboxylic acids is 1. The zero-order valence-corrected chi connectivity index (χ0v) is 9.36. The van der Waals surface area contributed by atoms with Crippen LogP contribution in [0.4, 0.5) is 4.79 Å². The lowest BCUT2D eigenvalue weighted by atomic mass is 10.1. The molecule has 2 N–H and O–H groups in total. The van der Waals surface area contributed by atoms with Crippen molar-refractivity contribution in [3.63, 3.8) is 0 Å². The quantitative estimate of drug-likeness (QED) is 0.669. The zero-order valence-electron chi connectivity index (χ0n) is 9.36. The van der Waals surface area contributed by atoms with Crippen molar-refractivity contribution >= 4 is 12.0 Å². The average molecular weight is 214 g/mol. The van der Waals surface area contributed by atoms with Crippen LogP contribution < -0.4 is 5.32 Å². The van der Waals surface area contributed by atoms with E-state index in [9.17, 15) is 9.59 Å². The summed E-state index contributed by atoms with van der Waals surface area (Å²) in [5, 5.41) is 11.3. The molecule has 0 aromatic carbocycles. The molecule has 2 amide bonds. The molecule has 0 heterocycles. The summed E-state index contributed by atoms with van der Waals surface area (Å²) in [5.41, 5.74) is 0. The standard InChI is InChI=1S/C10H18N2O3/c1-5-6-12(4)10(15)11-8(7(2)3)9(13)14/h5,7-8H,1,6H2,2-4H3,(H,11,15)(H,13,14)/t8-/m0/s1. The molecular formula is C10H18N2O3. The fraction of sp³-hybridized carbons (Fsp3) is 0.600. The number of carbonyl (C=O) groups is 2. The van der Waals surface area contributed by atoms with Crippen molar-refractivity contribution in [3.05, 3.63) is 12.7 Å². The summed E-state index contributed by atoms with van der Waals surface area (Å²) in [6.45, 7) is 7.36. The van der Waals surface area contributed by atoms with Crippen LogP contribution in [0.3, 0.4) is 0 Å². The third kappa shape index (κ3) is 4.49. The van der Waals surface area contributed by atoms with E-state index >= 15 is 0 Å². The van der Waals surface area contributed by atoms with Crippen LogP contribution in [0.25, 0.3) is 0 Å².